The molecule has 0 atom stereocenters. The van der Waals surface area contributed by atoms with Gasteiger partial charge in [0.25, 0.3) is 0 Å². The lowest BCUT2D eigenvalue weighted by Gasteiger charge is -2.21. The highest BCUT2D eigenvalue weighted by Crippen LogP contribution is 2.35. The first-order valence-corrected chi connectivity index (χ1v) is 6.81. The van der Waals surface area contributed by atoms with Crippen LogP contribution in [0.1, 0.15) is 16.7 Å². The molecule has 0 radical (unpaired) electrons. The molecule has 112 valence electrons. The van der Waals surface area contributed by atoms with E-state index in [1.807, 2.05) is 6.07 Å². The first-order valence-electron chi connectivity index (χ1n) is 6.28. The molecule has 0 bridgehead atoms. The van der Waals surface area contributed by atoms with E-state index in [0.717, 1.165) is 11.6 Å². The Balaban J connectivity index is 2.28. The number of halogens is 4. The van der Waals surface area contributed by atoms with Gasteiger partial charge in [-0.25, -0.2) is 0 Å². The van der Waals surface area contributed by atoms with Gasteiger partial charge in [0.05, 0.1) is 5.56 Å². The van der Waals surface area contributed by atoms with Crippen LogP contribution in [0.2, 0.25) is 0 Å². The van der Waals surface area contributed by atoms with Gasteiger partial charge in [0, 0.05) is 37.6 Å². The van der Waals surface area contributed by atoms with Crippen LogP contribution < -0.4 is 4.90 Å². The third-order valence-electron chi connectivity index (χ3n) is 3.13. The monoisotopic (exact) mass is 314 g/mol. The summed E-state index contributed by atoms with van der Waals surface area (Å²) in [5.41, 5.74) is 0.811. The van der Waals surface area contributed by atoms with Crippen molar-refractivity contribution in [3.8, 4) is 0 Å². The molecule has 0 fully saturated rings. The lowest BCUT2D eigenvalue weighted by molar-refractivity contribution is -0.138. The molecule has 0 spiro atoms. The molecular weight excluding hydrogens is 301 g/mol. The van der Waals surface area contributed by atoms with E-state index in [-0.39, 0.29) is 11.4 Å². The van der Waals surface area contributed by atoms with Crippen molar-refractivity contribution in [2.75, 3.05) is 11.9 Å². The van der Waals surface area contributed by atoms with E-state index in [2.05, 4.69) is 4.98 Å². The Kier molecular flexibility index (Phi) is 4.73. The van der Waals surface area contributed by atoms with Gasteiger partial charge < -0.3 is 4.90 Å². The molecule has 0 saturated carbocycles. The first kappa shape index (κ1) is 15.6. The Morgan fingerprint density at radius 3 is 2.57 bits per heavy atom. The van der Waals surface area contributed by atoms with Crippen LogP contribution in [0.25, 0.3) is 0 Å². The second kappa shape index (κ2) is 6.35. The van der Waals surface area contributed by atoms with E-state index in [4.69, 9.17) is 11.6 Å². The average molecular weight is 315 g/mol. The lowest BCUT2D eigenvalue weighted by Crippen LogP contribution is -2.18. The van der Waals surface area contributed by atoms with Gasteiger partial charge in [0.1, 0.15) is 0 Å². The Morgan fingerprint density at radius 2 is 2.00 bits per heavy atom. The van der Waals surface area contributed by atoms with E-state index in [0.29, 0.717) is 12.2 Å². The Morgan fingerprint density at radius 1 is 1.24 bits per heavy atom. The zero-order valence-corrected chi connectivity index (χ0v) is 12.1. The van der Waals surface area contributed by atoms with Crippen LogP contribution in [0.4, 0.5) is 18.9 Å². The topological polar surface area (TPSA) is 16.1 Å². The average Bonchev–Trinajstić information content (AvgIpc) is 2.46. The number of rotatable bonds is 4. The van der Waals surface area contributed by atoms with Crippen LogP contribution in [-0.2, 0) is 18.6 Å². The minimum atomic E-state index is -4.41. The van der Waals surface area contributed by atoms with Crippen molar-refractivity contribution in [3.63, 3.8) is 0 Å². The minimum Gasteiger partial charge on any atom is -0.370 e. The molecule has 2 aromatic rings. The predicted molar refractivity (Wildman–Crippen MR) is 77.3 cm³/mol. The van der Waals surface area contributed by atoms with Crippen molar-refractivity contribution in [1.82, 2.24) is 4.98 Å². The SMILES string of the molecule is CN(Cc1cccnc1)c1ccc(CCl)c(C(F)(F)F)c1. The number of nitrogens with zero attached hydrogens (tertiary/aromatic N) is 2. The highest BCUT2D eigenvalue weighted by atomic mass is 35.5. The van der Waals surface area contributed by atoms with Gasteiger partial charge in [-0.2, -0.15) is 13.2 Å². The molecule has 21 heavy (non-hydrogen) atoms. The number of hydrogen-bond acceptors (Lipinski definition) is 2. The molecule has 0 N–H and O–H groups in total. The Labute approximate surface area is 126 Å². The molecule has 1 heterocycles. The smallest absolute Gasteiger partial charge is 0.370 e. The van der Waals surface area contributed by atoms with Crippen molar-refractivity contribution in [2.24, 2.45) is 0 Å². The molecule has 1 aromatic heterocycles. The summed E-state index contributed by atoms with van der Waals surface area (Å²) in [7, 11) is 1.74. The van der Waals surface area contributed by atoms with Gasteiger partial charge in [-0.1, -0.05) is 12.1 Å². The van der Waals surface area contributed by atoms with Crippen LogP contribution in [-0.4, -0.2) is 12.0 Å². The molecular formula is C15H14ClF3N2. The molecule has 1 aromatic carbocycles. The normalized spacial score (nSPS) is 11.5. The maximum Gasteiger partial charge on any atom is 0.416 e. The summed E-state index contributed by atoms with van der Waals surface area (Å²) in [6, 6.07) is 7.87. The fraction of sp³-hybridized carbons (Fsp3) is 0.267. The molecule has 0 amide bonds. The van der Waals surface area contributed by atoms with Crippen LogP contribution in [0.5, 0.6) is 0 Å². The number of aromatic nitrogens is 1. The van der Waals surface area contributed by atoms with Gasteiger partial charge in [-0.05, 0) is 29.3 Å². The predicted octanol–water partition coefficient (Wildman–Crippen LogP) is 4.48. The van der Waals surface area contributed by atoms with Crippen molar-refractivity contribution in [1.29, 1.82) is 0 Å². The summed E-state index contributed by atoms with van der Waals surface area (Å²) in [5.74, 6) is -0.165. The van der Waals surface area contributed by atoms with E-state index in [1.54, 1.807) is 36.5 Å². The molecule has 2 nitrogen and oxygen atoms in total. The van der Waals surface area contributed by atoms with Gasteiger partial charge >= 0.3 is 6.18 Å². The lowest BCUT2D eigenvalue weighted by atomic mass is 10.1. The van der Waals surface area contributed by atoms with Gasteiger partial charge in [-0.3, -0.25) is 4.98 Å². The number of alkyl halides is 4. The van der Waals surface area contributed by atoms with Crippen molar-refractivity contribution in [3.05, 3.63) is 59.4 Å². The number of anilines is 1. The van der Waals surface area contributed by atoms with Crippen molar-refractivity contribution in [2.45, 2.75) is 18.6 Å². The highest BCUT2D eigenvalue weighted by Gasteiger charge is 2.33. The fourth-order valence-corrected chi connectivity index (χ4v) is 2.27. The minimum absolute atomic E-state index is 0.0858. The molecule has 0 unspecified atom stereocenters. The third kappa shape index (κ3) is 3.88. The van der Waals surface area contributed by atoms with Gasteiger partial charge in [-0.15, -0.1) is 11.6 Å². The van der Waals surface area contributed by atoms with E-state index in [1.165, 1.54) is 6.07 Å². The molecule has 0 aliphatic carbocycles. The van der Waals surface area contributed by atoms with Crippen LogP contribution in [0, 0.1) is 0 Å². The summed E-state index contributed by atoms with van der Waals surface area (Å²) >= 11 is 5.58. The largest absolute Gasteiger partial charge is 0.416 e. The van der Waals surface area contributed by atoms with Crippen LogP contribution >= 0.6 is 11.6 Å². The van der Waals surface area contributed by atoms with E-state index in [9.17, 15) is 13.2 Å². The summed E-state index contributed by atoms with van der Waals surface area (Å²) in [6.45, 7) is 0.478. The zero-order chi connectivity index (χ0) is 15.5. The zero-order valence-electron chi connectivity index (χ0n) is 11.4. The first-order chi connectivity index (χ1) is 9.91. The maximum absolute atomic E-state index is 13.0. The van der Waals surface area contributed by atoms with E-state index < -0.39 is 11.7 Å². The Hall–Kier alpha value is -1.75. The van der Waals surface area contributed by atoms with Gasteiger partial charge in [0.15, 0.2) is 0 Å². The molecule has 2 rings (SSSR count). The molecule has 6 heteroatoms. The maximum atomic E-state index is 13.0. The molecule has 0 saturated heterocycles. The summed E-state index contributed by atoms with van der Waals surface area (Å²) < 4.78 is 39.1. The van der Waals surface area contributed by atoms with Crippen LogP contribution in [0.15, 0.2) is 42.7 Å². The Bertz CT molecular complexity index is 600. The number of benzene rings is 1. The third-order valence-corrected chi connectivity index (χ3v) is 3.41. The van der Waals surface area contributed by atoms with Crippen LogP contribution in [0.3, 0.4) is 0 Å². The fourth-order valence-electron chi connectivity index (χ4n) is 2.04. The molecule has 0 aliphatic rings. The number of hydrogen-bond donors (Lipinski definition) is 0. The van der Waals surface area contributed by atoms with Crippen molar-refractivity contribution >= 4 is 17.3 Å². The second-order valence-corrected chi connectivity index (χ2v) is 4.96. The molecule has 0 aliphatic heterocycles. The van der Waals surface area contributed by atoms with Crippen molar-refractivity contribution < 1.29 is 13.2 Å². The second-order valence-electron chi connectivity index (χ2n) is 4.69. The summed E-state index contributed by atoms with van der Waals surface area (Å²) in [6.07, 6.45) is -1.07. The summed E-state index contributed by atoms with van der Waals surface area (Å²) in [5, 5.41) is 0. The van der Waals surface area contributed by atoms with E-state index >= 15 is 0 Å². The standard InChI is InChI=1S/C15H14ClF3N2/c1-21(10-11-3-2-6-20-9-11)13-5-4-12(8-16)14(7-13)15(17,18)19/h2-7,9H,8,10H2,1H3. The van der Waals surface area contributed by atoms with Gasteiger partial charge in [0.2, 0.25) is 0 Å². The summed E-state index contributed by atoms with van der Waals surface area (Å²) in [4.78, 5) is 5.73. The quantitative estimate of drug-likeness (QED) is 0.774. The number of pyridine rings is 1. The highest BCUT2D eigenvalue weighted by molar-refractivity contribution is 6.17.